The number of nitrogens with two attached hydrogens (primary N) is 1. The summed E-state index contributed by atoms with van der Waals surface area (Å²) in [7, 11) is 3.64. The fourth-order valence-corrected chi connectivity index (χ4v) is 1.43. The van der Waals surface area contributed by atoms with E-state index < -0.39 is 5.54 Å². The zero-order chi connectivity index (χ0) is 9.19. The lowest BCUT2D eigenvalue weighted by Crippen LogP contribution is -2.39. The Balaban J connectivity index is 2.88. The Bertz CT molecular complexity index is 253. The van der Waals surface area contributed by atoms with Crippen LogP contribution in [0.25, 0.3) is 0 Å². The first kappa shape index (κ1) is 9.29. The van der Waals surface area contributed by atoms with Gasteiger partial charge in [0.05, 0.1) is 12.1 Å². The Labute approximate surface area is 73.1 Å². The molecular formula is C9H16N2O. The van der Waals surface area contributed by atoms with Crippen molar-refractivity contribution in [2.45, 2.75) is 12.5 Å². The molecule has 3 nitrogen and oxygen atoms in total. The highest BCUT2D eigenvalue weighted by atomic mass is 16.5. The summed E-state index contributed by atoms with van der Waals surface area (Å²) in [6, 6.07) is 4.00. The zero-order valence-electron chi connectivity index (χ0n) is 7.87. The van der Waals surface area contributed by atoms with Gasteiger partial charge in [-0.05, 0) is 19.1 Å². The van der Waals surface area contributed by atoms with Crippen LogP contribution >= 0.6 is 0 Å². The Morgan fingerprint density at radius 1 is 1.67 bits per heavy atom. The maximum absolute atomic E-state index is 6.05. The van der Waals surface area contributed by atoms with Crippen LogP contribution in [-0.2, 0) is 17.3 Å². The van der Waals surface area contributed by atoms with Crippen LogP contribution in [0.4, 0.5) is 0 Å². The Hall–Kier alpha value is -0.800. The Kier molecular flexibility index (Phi) is 2.55. The summed E-state index contributed by atoms with van der Waals surface area (Å²) in [6.45, 7) is 2.50. The van der Waals surface area contributed by atoms with Crippen molar-refractivity contribution in [2.24, 2.45) is 12.8 Å². The van der Waals surface area contributed by atoms with E-state index in [9.17, 15) is 0 Å². The predicted molar refractivity (Wildman–Crippen MR) is 48.8 cm³/mol. The van der Waals surface area contributed by atoms with Crippen molar-refractivity contribution in [3.05, 3.63) is 24.0 Å². The van der Waals surface area contributed by atoms with Gasteiger partial charge in [0.15, 0.2) is 0 Å². The molecule has 0 radical (unpaired) electrons. The van der Waals surface area contributed by atoms with Gasteiger partial charge < -0.3 is 15.0 Å². The number of rotatable bonds is 3. The fraction of sp³-hybridized carbons (Fsp3) is 0.556. The third kappa shape index (κ3) is 1.68. The van der Waals surface area contributed by atoms with E-state index in [4.69, 9.17) is 10.5 Å². The molecular weight excluding hydrogens is 152 g/mol. The molecule has 0 saturated heterocycles. The van der Waals surface area contributed by atoms with Crippen molar-refractivity contribution in [3.63, 3.8) is 0 Å². The number of hydrogen-bond acceptors (Lipinski definition) is 2. The molecule has 0 bridgehead atoms. The highest BCUT2D eigenvalue weighted by Crippen LogP contribution is 2.17. The van der Waals surface area contributed by atoms with Gasteiger partial charge in [0, 0.05) is 26.0 Å². The average molecular weight is 168 g/mol. The van der Waals surface area contributed by atoms with Crippen molar-refractivity contribution in [1.29, 1.82) is 0 Å². The van der Waals surface area contributed by atoms with Crippen LogP contribution in [0.2, 0.25) is 0 Å². The van der Waals surface area contributed by atoms with Crippen LogP contribution < -0.4 is 5.73 Å². The molecule has 1 unspecified atom stereocenters. The lowest BCUT2D eigenvalue weighted by molar-refractivity contribution is 0.137. The quantitative estimate of drug-likeness (QED) is 0.726. The molecule has 12 heavy (non-hydrogen) atoms. The lowest BCUT2D eigenvalue weighted by atomic mass is 10.0. The van der Waals surface area contributed by atoms with Crippen LogP contribution in [-0.4, -0.2) is 18.3 Å². The normalized spacial score (nSPS) is 16.0. The van der Waals surface area contributed by atoms with E-state index in [0.717, 1.165) is 5.69 Å². The second-order valence-electron chi connectivity index (χ2n) is 3.35. The summed E-state index contributed by atoms with van der Waals surface area (Å²) >= 11 is 0. The van der Waals surface area contributed by atoms with E-state index in [2.05, 4.69) is 0 Å². The largest absolute Gasteiger partial charge is 0.382 e. The molecule has 0 aliphatic rings. The molecule has 0 aliphatic heterocycles. The van der Waals surface area contributed by atoms with Gasteiger partial charge in [0.2, 0.25) is 0 Å². The SMILES string of the molecule is COCC(C)(N)c1cccn1C. The summed E-state index contributed by atoms with van der Waals surface area (Å²) in [4.78, 5) is 0. The molecule has 0 aliphatic carbocycles. The Morgan fingerprint density at radius 3 is 2.75 bits per heavy atom. The summed E-state index contributed by atoms with van der Waals surface area (Å²) < 4.78 is 7.06. The van der Waals surface area contributed by atoms with Crippen LogP contribution in [0.1, 0.15) is 12.6 Å². The second-order valence-corrected chi connectivity index (χ2v) is 3.35. The van der Waals surface area contributed by atoms with Crippen LogP contribution in [0.15, 0.2) is 18.3 Å². The number of aromatic nitrogens is 1. The first-order valence-corrected chi connectivity index (χ1v) is 3.97. The fourth-order valence-electron chi connectivity index (χ4n) is 1.43. The summed E-state index contributed by atoms with van der Waals surface area (Å²) in [5.41, 5.74) is 6.74. The van der Waals surface area contributed by atoms with Crippen molar-refractivity contribution in [1.82, 2.24) is 4.57 Å². The van der Waals surface area contributed by atoms with Crippen LogP contribution in [0, 0.1) is 0 Å². The van der Waals surface area contributed by atoms with Gasteiger partial charge in [-0.3, -0.25) is 0 Å². The van der Waals surface area contributed by atoms with Crippen molar-refractivity contribution in [3.8, 4) is 0 Å². The first-order chi connectivity index (χ1) is 5.58. The van der Waals surface area contributed by atoms with E-state index in [0.29, 0.717) is 6.61 Å². The molecule has 1 aromatic heterocycles. The molecule has 1 heterocycles. The van der Waals surface area contributed by atoms with E-state index in [1.807, 2.05) is 36.9 Å². The minimum absolute atomic E-state index is 0.396. The highest BCUT2D eigenvalue weighted by Gasteiger charge is 2.23. The third-order valence-electron chi connectivity index (χ3n) is 1.97. The smallest absolute Gasteiger partial charge is 0.0771 e. The van der Waals surface area contributed by atoms with Gasteiger partial charge in [-0.1, -0.05) is 0 Å². The summed E-state index contributed by atoms with van der Waals surface area (Å²) in [6.07, 6.45) is 1.98. The molecule has 0 fully saturated rings. The molecule has 2 N–H and O–H groups in total. The van der Waals surface area contributed by atoms with Gasteiger partial charge in [0.25, 0.3) is 0 Å². The van der Waals surface area contributed by atoms with Gasteiger partial charge in [-0.25, -0.2) is 0 Å². The van der Waals surface area contributed by atoms with Crippen molar-refractivity contribution >= 4 is 0 Å². The van der Waals surface area contributed by atoms with Gasteiger partial charge >= 0.3 is 0 Å². The third-order valence-corrected chi connectivity index (χ3v) is 1.97. The minimum Gasteiger partial charge on any atom is -0.382 e. The van der Waals surface area contributed by atoms with E-state index in [1.165, 1.54) is 0 Å². The number of ether oxygens (including phenoxy) is 1. The van der Waals surface area contributed by atoms with Gasteiger partial charge in [-0.15, -0.1) is 0 Å². The standard InChI is InChI=1S/C9H16N2O/c1-9(10,7-12-3)8-5-4-6-11(8)2/h4-6H,7,10H2,1-3H3. The second kappa shape index (κ2) is 3.29. The average Bonchev–Trinajstić information content (AvgIpc) is 2.35. The molecule has 0 aromatic carbocycles. The molecule has 0 saturated carbocycles. The molecule has 0 amide bonds. The summed E-state index contributed by atoms with van der Waals surface area (Å²) in [5.74, 6) is 0. The molecule has 1 aromatic rings. The predicted octanol–water partition coefficient (Wildman–Crippen LogP) is 0.845. The number of nitrogens with zero attached hydrogens (tertiary/aromatic N) is 1. The van der Waals surface area contributed by atoms with E-state index in [-0.39, 0.29) is 0 Å². The van der Waals surface area contributed by atoms with Crippen molar-refractivity contribution in [2.75, 3.05) is 13.7 Å². The topological polar surface area (TPSA) is 40.2 Å². The van der Waals surface area contributed by atoms with Crippen LogP contribution in [0.3, 0.4) is 0 Å². The minimum atomic E-state index is -0.396. The maximum atomic E-state index is 6.05. The first-order valence-electron chi connectivity index (χ1n) is 3.97. The van der Waals surface area contributed by atoms with Gasteiger partial charge in [-0.2, -0.15) is 0 Å². The maximum Gasteiger partial charge on any atom is 0.0771 e. The molecule has 68 valence electrons. The molecule has 1 rings (SSSR count). The Morgan fingerprint density at radius 2 is 2.33 bits per heavy atom. The zero-order valence-corrected chi connectivity index (χ0v) is 7.87. The van der Waals surface area contributed by atoms with Gasteiger partial charge in [0.1, 0.15) is 0 Å². The monoisotopic (exact) mass is 168 g/mol. The van der Waals surface area contributed by atoms with E-state index in [1.54, 1.807) is 7.11 Å². The van der Waals surface area contributed by atoms with Crippen molar-refractivity contribution < 1.29 is 4.74 Å². The summed E-state index contributed by atoms with van der Waals surface area (Å²) in [5, 5.41) is 0. The number of methoxy groups -OCH3 is 1. The van der Waals surface area contributed by atoms with E-state index >= 15 is 0 Å². The lowest BCUT2D eigenvalue weighted by Gasteiger charge is -2.24. The highest BCUT2D eigenvalue weighted by molar-refractivity contribution is 5.16. The van der Waals surface area contributed by atoms with Crippen LogP contribution in [0.5, 0.6) is 0 Å². The molecule has 3 heteroatoms. The number of aryl methyl sites for hydroxylation is 1. The number of hydrogen-bond donors (Lipinski definition) is 1. The molecule has 1 atom stereocenters. The molecule has 0 spiro atoms.